The summed E-state index contributed by atoms with van der Waals surface area (Å²) >= 11 is 0. The second kappa shape index (κ2) is 8.81. The maximum Gasteiger partial charge on any atom is 0.145 e. The largest absolute Gasteiger partial charge is 0.298 e. The van der Waals surface area contributed by atoms with Crippen LogP contribution in [0.1, 0.15) is 129 Å². The summed E-state index contributed by atoms with van der Waals surface area (Å²) in [6, 6.07) is 0. The van der Waals surface area contributed by atoms with Crippen LogP contribution in [-0.4, -0.2) is 5.78 Å². The summed E-state index contributed by atoms with van der Waals surface area (Å²) in [5.41, 5.74) is 0.292. The first-order valence-corrected chi connectivity index (χ1v) is 13.2. The molecule has 4 fully saturated rings. The first-order chi connectivity index (χ1) is 13.6. The Morgan fingerprint density at radius 2 is 1.21 bits per heavy atom. The smallest absolute Gasteiger partial charge is 0.145 e. The Labute approximate surface area is 174 Å². The zero-order valence-corrected chi connectivity index (χ0v) is 18.9. The van der Waals surface area contributed by atoms with E-state index in [9.17, 15) is 4.79 Å². The van der Waals surface area contributed by atoms with E-state index < -0.39 is 0 Å². The Bertz CT molecular complexity index is 510. The van der Waals surface area contributed by atoms with Gasteiger partial charge in [0, 0.05) is 10.8 Å². The minimum absolute atomic E-state index is 0.145. The van der Waals surface area contributed by atoms with Crippen molar-refractivity contribution in [2.24, 2.45) is 34.5 Å². The number of hydrogen-bond acceptors (Lipinski definition) is 1. The third-order valence-corrected chi connectivity index (χ3v) is 9.91. The zero-order chi connectivity index (χ0) is 19.6. The molecule has 28 heavy (non-hydrogen) atoms. The van der Waals surface area contributed by atoms with E-state index in [2.05, 4.69) is 13.8 Å². The van der Waals surface area contributed by atoms with Gasteiger partial charge in [0.1, 0.15) is 5.78 Å². The van der Waals surface area contributed by atoms with E-state index in [1.165, 1.54) is 116 Å². The summed E-state index contributed by atoms with van der Waals surface area (Å²) in [6.07, 6.45) is 24.5. The summed E-state index contributed by atoms with van der Waals surface area (Å²) in [5.74, 6) is 4.62. The van der Waals surface area contributed by atoms with Gasteiger partial charge in [0.25, 0.3) is 0 Å². The molecule has 0 N–H and O–H groups in total. The van der Waals surface area contributed by atoms with Gasteiger partial charge in [0.15, 0.2) is 0 Å². The van der Waals surface area contributed by atoms with Crippen LogP contribution < -0.4 is 0 Å². The van der Waals surface area contributed by atoms with Gasteiger partial charge >= 0.3 is 0 Å². The molecule has 0 aliphatic heterocycles. The lowest BCUT2D eigenvalue weighted by Crippen LogP contribution is -2.59. The predicted octanol–water partition coefficient (Wildman–Crippen LogP) is 8.11. The van der Waals surface area contributed by atoms with Crippen LogP contribution in [0, 0.1) is 34.5 Å². The second-order valence-electron chi connectivity index (χ2n) is 11.6. The molecule has 0 atom stereocenters. The number of ketones is 1. The van der Waals surface area contributed by atoms with Gasteiger partial charge in [-0.05, 0) is 94.3 Å². The van der Waals surface area contributed by atoms with Crippen LogP contribution in [0.3, 0.4) is 0 Å². The van der Waals surface area contributed by atoms with E-state index >= 15 is 0 Å². The number of rotatable bonds is 6. The lowest BCUT2D eigenvalue weighted by molar-refractivity contribution is -0.169. The van der Waals surface area contributed by atoms with Crippen LogP contribution in [0.2, 0.25) is 0 Å². The summed E-state index contributed by atoms with van der Waals surface area (Å²) in [7, 11) is 0. The number of unbranched alkanes of at least 4 members (excludes halogenated alkanes) is 1. The van der Waals surface area contributed by atoms with Crippen molar-refractivity contribution in [1.82, 2.24) is 0 Å². The topological polar surface area (TPSA) is 17.1 Å². The van der Waals surface area contributed by atoms with Gasteiger partial charge in [-0.25, -0.2) is 0 Å². The Morgan fingerprint density at radius 1 is 0.679 bits per heavy atom. The molecular formula is C27H46O. The van der Waals surface area contributed by atoms with Gasteiger partial charge < -0.3 is 0 Å². The lowest BCUT2D eigenvalue weighted by atomic mass is 9.42. The lowest BCUT2D eigenvalue weighted by Gasteiger charge is -2.59. The number of carbonyl (C=O) groups is 1. The summed E-state index contributed by atoms with van der Waals surface area (Å²) in [4.78, 5) is 13.4. The minimum Gasteiger partial charge on any atom is -0.298 e. The normalized spacial score (nSPS) is 44.0. The monoisotopic (exact) mass is 386 g/mol. The first-order valence-electron chi connectivity index (χ1n) is 13.2. The number of carbonyl (C=O) groups excluding carboxylic acids is 1. The Morgan fingerprint density at radius 3 is 1.75 bits per heavy atom. The molecule has 4 rings (SSSR count). The van der Waals surface area contributed by atoms with Crippen LogP contribution >= 0.6 is 0 Å². The Kier molecular flexibility index (Phi) is 6.58. The number of Topliss-reactive ketones (excluding diaryl/α,β-unsaturated/α-hetero) is 1. The highest BCUT2D eigenvalue weighted by Gasteiger charge is 2.63. The van der Waals surface area contributed by atoms with Crippen LogP contribution in [0.15, 0.2) is 0 Å². The highest BCUT2D eigenvalue weighted by Crippen LogP contribution is 2.64. The summed E-state index contributed by atoms with van der Waals surface area (Å²) < 4.78 is 0. The Balaban J connectivity index is 1.23. The minimum atomic E-state index is 0.145. The number of hydrogen-bond donors (Lipinski definition) is 0. The van der Waals surface area contributed by atoms with Crippen molar-refractivity contribution < 1.29 is 4.79 Å². The third-order valence-electron chi connectivity index (χ3n) is 9.91. The zero-order valence-electron chi connectivity index (χ0n) is 18.9. The van der Waals surface area contributed by atoms with E-state index in [1.54, 1.807) is 0 Å². The molecule has 1 nitrogen and oxygen atoms in total. The highest BCUT2D eigenvalue weighted by atomic mass is 16.1. The molecule has 4 aliphatic rings. The van der Waals surface area contributed by atoms with Crippen molar-refractivity contribution in [2.45, 2.75) is 129 Å². The molecule has 4 saturated carbocycles. The van der Waals surface area contributed by atoms with Gasteiger partial charge in [0.05, 0.1) is 0 Å². The standard InChI is InChI=1S/C27H46O/c1-3-5-7-22-12-16-26(17-13-22)20-27(25(26)28)18-14-24(15-19-27)23-10-8-21(6-4-2)9-11-23/h21-24H,3-20H2,1-2H3. The van der Waals surface area contributed by atoms with Crippen molar-refractivity contribution in [1.29, 1.82) is 0 Å². The van der Waals surface area contributed by atoms with Crippen molar-refractivity contribution in [3.05, 3.63) is 0 Å². The molecule has 0 bridgehead atoms. The molecular weight excluding hydrogens is 340 g/mol. The van der Waals surface area contributed by atoms with Crippen LogP contribution in [0.5, 0.6) is 0 Å². The molecule has 4 aliphatic carbocycles. The van der Waals surface area contributed by atoms with Gasteiger partial charge in [-0.15, -0.1) is 0 Å². The van der Waals surface area contributed by atoms with Gasteiger partial charge in [-0.1, -0.05) is 58.8 Å². The van der Waals surface area contributed by atoms with Crippen molar-refractivity contribution in [3.8, 4) is 0 Å². The maximum absolute atomic E-state index is 13.4. The fraction of sp³-hybridized carbons (Fsp3) is 0.963. The Hall–Kier alpha value is -0.330. The molecule has 0 aromatic rings. The highest BCUT2D eigenvalue weighted by molar-refractivity contribution is 5.96. The molecule has 0 unspecified atom stereocenters. The average Bonchev–Trinajstić information content (AvgIpc) is 2.74. The van der Waals surface area contributed by atoms with Crippen molar-refractivity contribution >= 4 is 5.78 Å². The van der Waals surface area contributed by atoms with E-state index in [0.29, 0.717) is 0 Å². The van der Waals surface area contributed by atoms with Crippen molar-refractivity contribution in [3.63, 3.8) is 0 Å². The fourth-order valence-corrected chi connectivity index (χ4v) is 8.10. The molecule has 1 heteroatoms. The van der Waals surface area contributed by atoms with Gasteiger partial charge in [-0.2, -0.15) is 0 Å². The molecule has 0 saturated heterocycles. The summed E-state index contributed by atoms with van der Waals surface area (Å²) in [5, 5.41) is 0. The quantitative estimate of drug-likeness (QED) is 0.450. The van der Waals surface area contributed by atoms with Gasteiger partial charge in [-0.3, -0.25) is 4.79 Å². The van der Waals surface area contributed by atoms with Crippen molar-refractivity contribution in [2.75, 3.05) is 0 Å². The van der Waals surface area contributed by atoms with Crippen LogP contribution in [-0.2, 0) is 4.79 Å². The van der Waals surface area contributed by atoms with E-state index in [-0.39, 0.29) is 10.8 Å². The average molecular weight is 387 g/mol. The third kappa shape index (κ3) is 3.98. The second-order valence-corrected chi connectivity index (χ2v) is 11.6. The van der Waals surface area contributed by atoms with Crippen LogP contribution in [0.4, 0.5) is 0 Å². The predicted molar refractivity (Wildman–Crippen MR) is 118 cm³/mol. The molecule has 160 valence electrons. The van der Waals surface area contributed by atoms with E-state index in [1.807, 2.05) is 0 Å². The van der Waals surface area contributed by atoms with E-state index in [0.717, 1.165) is 29.5 Å². The van der Waals surface area contributed by atoms with Gasteiger partial charge in [0.2, 0.25) is 0 Å². The SMILES string of the molecule is CCCCC1CCC2(CC1)CC1(CCC(C3CCC(CCC)CC3)CC1)C2=O. The molecule has 0 amide bonds. The van der Waals surface area contributed by atoms with E-state index in [4.69, 9.17) is 0 Å². The fourth-order valence-electron chi connectivity index (χ4n) is 8.10. The van der Waals surface area contributed by atoms with Crippen LogP contribution in [0.25, 0.3) is 0 Å². The molecule has 0 radical (unpaired) electrons. The molecule has 0 aromatic heterocycles. The molecule has 0 aromatic carbocycles. The maximum atomic E-state index is 13.4. The molecule has 2 spiro atoms. The first kappa shape index (κ1) is 20.9. The summed E-state index contributed by atoms with van der Waals surface area (Å²) in [6.45, 7) is 4.64. The molecule has 0 heterocycles.